The summed E-state index contributed by atoms with van der Waals surface area (Å²) >= 11 is 0. The second kappa shape index (κ2) is 7.79. The summed E-state index contributed by atoms with van der Waals surface area (Å²) in [7, 11) is 0. The first-order valence-electron chi connectivity index (χ1n) is 10.2. The lowest BCUT2D eigenvalue weighted by Crippen LogP contribution is -2.54. The molecule has 1 aromatic carbocycles. The SMILES string of the molecule is CCN(CC1CN(c2cc3c(cc2F)c(=O)c(C(=O)O)cn3C2CC2)C1)C(=O)C(F)(F)F. The van der Waals surface area contributed by atoms with Crippen LogP contribution in [0.2, 0.25) is 0 Å². The molecule has 1 aliphatic carbocycles. The van der Waals surface area contributed by atoms with Crippen molar-refractivity contribution in [2.75, 3.05) is 31.1 Å². The van der Waals surface area contributed by atoms with Crippen molar-refractivity contribution in [3.05, 3.63) is 39.9 Å². The van der Waals surface area contributed by atoms with Crippen molar-refractivity contribution in [3.8, 4) is 0 Å². The molecule has 1 N–H and O–H groups in total. The van der Waals surface area contributed by atoms with E-state index < -0.39 is 34.9 Å². The maximum absolute atomic E-state index is 14.8. The number of alkyl halides is 3. The first-order chi connectivity index (χ1) is 15.0. The average Bonchev–Trinajstić information content (AvgIpc) is 3.52. The summed E-state index contributed by atoms with van der Waals surface area (Å²) < 4.78 is 54.6. The van der Waals surface area contributed by atoms with Crippen LogP contribution in [-0.4, -0.2) is 58.8 Å². The van der Waals surface area contributed by atoms with Gasteiger partial charge in [-0.3, -0.25) is 9.59 Å². The van der Waals surface area contributed by atoms with Crippen LogP contribution in [0.1, 0.15) is 36.2 Å². The highest BCUT2D eigenvalue weighted by Crippen LogP contribution is 2.39. The Morgan fingerprint density at radius 1 is 1.22 bits per heavy atom. The molecule has 2 fully saturated rings. The van der Waals surface area contributed by atoms with Crippen LogP contribution in [-0.2, 0) is 4.79 Å². The number of aromatic nitrogens is 1. The fourth-order valence-corrected chi connectivity index (χ4v) is 4.14. The molecule has 2 heterocycles. The molecular formula is C21H21F4N3O4. The number of aromatic carboxylic acids is 1. The molecule has 172 valence electrons. The van der Waals surface area contributed by atoms with E-state index in [0.717, 1.165) is 23.8 Å². The smallest absolute Gasteiger partial charge is 0.471 e. The molecule has 7 nitrogen and oxygen atoms in total. The van der Waals surface area contributed by atoms with E-state index >= 15 is 0 Å². The lowest BCUT2D eigenvalue weighted by atomic mass is 9.97. The number of hydrogen-bond donors (Lipinski definition) is 1. The molecule has 1 amide bonds. The number of amides is 1. The number of carboxylic acids is 1. The molecule has 0 bridgehead atoms. The Morgan fingerprint density at radius 3 is 2.41 bits per heavy atom. The summed E-state index contributed by atoms with van der Waals surface area (Å²) in [5, 5.41) is 9.28. The molecule has 1 aromatic heterocycles. The molecular weight excluding hydrogens is 434 g/mol. The number of halogens is 4. The third-order valence-corrected chi connectivity index (χ3v) is 5.96. The van der Waals surface area contributed by atoms with Crippen LogP contribution < -0.4 is 10.3 Å². The van der Waals surface area contributed by atoms with Gasteiger partial charge in [-0.1, -0.05) is 0 Å². The van der Waals surface area contributed by atoms with E-state index in [9.17, 15) is 37.1 Å². The van der Waals surface area contributed by atoms with E-state index in [1.165, 1.54) is 19.2 Å². The van der Waals surface area contributed by atoms with Gasteiger partial charge in [0, 0.05) is 49.7 Å². The minimum atomic E-state index is -4.94. The molecule has 1 saturated heterocycles. The summed E-state index contributed by atoms with van der Waals surface area (Å²) in [6.07, 6.45) is -2.02. The third kappa shape index (κ3) is 3.91. The summed E-state index contributed by atoms with van der Waals surface area (Å²) in [4.78, 5) is 37.8. The van der Waals surface area contributed by atoms with Gasteiger partial charge < -0.3 is 19.5 Å². The molecule has 11 heteroatoms. The minimum Gasteiger partial charge on any atom is -0.477 e. The van der Waals surface area contributed by atoms with Crippen molar-refractivity contribution in [3.63, 3.8) is 0 Å². The number of carbonyl (C=O) groups excluding carboxylic acids is 1. The largest absolute Gasteiger partial charge is 0.477 e. The second-order valence-corrected chi connectivity index (χ2v) is 8.25. The number of nitrogens with zero attached hydrogens (tertiary/aromatic N) is 3. The molecule has 0 unspecified atom stereocenters. The maximum atomic E-state index is 14.8. The summed E-state index contributed by atoms with van der Waals surface area (Å²) in [5.41, 5.74) is -0.573. The highest BCUT2D eigenvalue weighted by Gasteiger charge is 2.43. The van der Waals surface area contributed by atoms with E-state index in [1.54, 1.807) is 9.47 Å². The zero-order valence-electron chi connectivity index (χ0n) is 17.2. The number of anilines is 1. The Labute approximate surface area is 179 Å². The van der Waals surface area contributed by atoms with Gasteiger partial charge in [0.15, 0.2) is 0 Å². The highest BCUT2D eigenvalue weighted by atomic mass is 19.4. The number of benzene rings is 1. The molecule has 4 rings (SSSR count). The van der Waals surface area contributed by atoms with Crippen LogP contribution in [0.4, 0.5) is 23.2 Å². The van der Waals surface area contributed by atoms with Gasteiger partial charge in [0.1, 0.15) is 11.4 Å². The van der Waals surface area contributed by atoms with E-state index in [2.05, 4.69) is 0 Å². The quantitative estimate of drug-likeness (QED) is 0.678. The molecule has 0 atom stereocenters. The zero-order chi connectivity index (χ0) is 23.4. The number of hydrogen-bond acceptors (Lipinski definition) is 4. The number of carbonyl (C=O) groups is 2. The Kier molecular flexibility index (Phi) is 5.38. The number of rotatable bonds is 6. The van der Waals surface area contributed by atoms with Crippen LogP contribution >= 0.6 is 0 Å². The Hall–Kier alpha value is -3.11. The second-order valence-electron chi connectivity index (χ2n) is 8.25. The number of carboxylic acid groups (broad SMARTS) is 1. The van der Waals surface area contributed by atoms with Crippen LogP contribution in [0.3, 0.4) is 0 Å². The van der Waals surface area contributed by atoms with Crippen LogP contribution in [0.5, 0.6) is 0 Å². The standard InChI is InChI=1S/C21H21F4N3O4/c1-2-26(20(32)21(23,24)25)7-11-8-27(9-11)17-6-16-13(5-15(17)22)18(29)14(19(30)31)10-28(16)12-3-4-12/h5-6,10-12H,2-4,7-9H2,1H3,(H,30,31). The molecule has 1 saturated carbocycles. The van der Waals surface area contributed by atoms with E-state index in [4.69, 9.17) is 0 Å². The Bertz CT molecular complexity index is 1150. The molecule has 2 aromatic rings. The minimum absolute atomic E-state index is 0.0249. The van der Waals surface area contributed by atoms with Crippen molar-refractivity contribution in [2.45, 2.75) is 32.0 Å². The molecule has 0 radical (unpaired) electrons. The summed E-state index contributed by atoms with van der Waals surface area (Å²) in [5.74, 6) is -4.23. The van der Waals surface area contributed by atoms with E-state index in [0.29, 0.717) is 5.52 Å². The number of fused-ring (bicyclic) bond motifs is 1. The van der Waals surface area contributed by atoms with Gasteiger partial charge in [0.05, 0.1) is 11.2 Å². The highest BCUT2D eigenvalue weighted by molar-refractivity contribution is 5.93. The topological polar surface area (TPSA) is 82.8 Å². The Balaban J connectivity index is 1.59. The van der Waals surface area contributed by atoms with Gasteiger partial charge in [-0.2, -0.15) is 13.2 Å². The third-order valence-electron chi connectivity index (χ3n) is 5.96. The van der Waals surface area contributed by atoms with Crippen LogP contribution in [0.25, 0.3) is 10.9 Å². The van der Waals surface area contributed by atoms with Crippen molar-refractivity contribution in [2.24, 2.45) is 5.92 Å². The lowest BCUT2D eigenvalue weighted by Gasteiger charge is -2.43. The molecule has 0 spiro atoms. The van der Waals surface area contributed by atoms with Gasteiger partial charge in [-0.15, -0.1) is 0 Å². The fraction of sp³-hybridized carbons (Fsp3) is 0.476. The van der Waals surface area contributed by atoms with Gasteiger partial charge in [-0.05, 0) is 31.9 Å². The van der Waals surface area contributed by atoms with E-state index in [1.807, 2.05) is 0 Å². The van der Waals surface area contributed by atoms with E-state index in [-0.39, 0.29) is 49.2 Å². The van der Waals surface area contributed by atoms with Gasteiger partial charge in [0.2, 0.25) is 5.43 Å². The van der Waals surface area contributed by atoms with Crippen molar-refractivity contribution in [1.82, 2.24) is 9.47 Å². The summed E-state index contributed by atoms with van der Waals surface area (Å²) in [6.45, 7) is 1.80. The van der Waals surface area contributed by atoms with Crippen molar-refractivity contribution >= 4 is 28.5 Å². The first-order valence-corrected chi connectivity index (χ1v) is 10.2. The van der Waals surface area contributed by atoms with Gasteiger partial charge >= 0.3 is 18.1 Å². The first kappa shape index (κ1) is 22.1. The Morgan fingerprint density at radius 2 is 1.88 bits per heavy atom. The lowest BCUT2D eigenvalue weighted by molar-refractivity contribution is -0.186. The van der Waals surface area contributed by atoms with Crippen LogP contribution in [0.15, 0.2) is 23.1 Å². The van der Waals surface area contributed by atoms with Gasteiger partial charge in [-0.25, -0.2) is 9.18 Å². The zero-order valence-corrected chi connectivity index (χ0v) is 17.2. The number of pyridine rings is 1. The molecule has 1 aliphatic heterocycles. The monoisotopic (exact) mass is 455 g/mol. The average molecular weight is 455 g/mol. The predicted molar refractivity (Wildman–Crippen MR) is 107 cm³/mol. The fourth-order valence-electron chi connectivity index (χ4n) is 4.14. The maximum Gasteiger partial charge on any atom is 0.471 e. The van der Waals surface area contributed by atoms with Crippen molar-refractivity contribution in [1.29, 1.82) is 0 Å². The summed E-state index contributed by atoms with van der Waals surface area (Å²) in [6, 6.07) is 2.55. The molecule has 2 aliphatic rings. The molecule has 32 heavy (non-hydrogen) atoms. The normalized spacial score (nSPS) is 16.8. The van der Waals surface area contributed by atoms with Gasteiger partial charge in [0.25, 0.3) is 0 Å². The van der Waals surface area contributed by atoms with Crippen LogP contribution in [0, 0.1) is 11.7 Å². The predicted octanol–water partition coefficient (Wildman–Crippen LogP) is 3.02. The van der Waals surface area contributed by atoms with Crippen molar-refractivity contribution < 1.29 is 32.3 Å².